The maximum absolute atomic E-state index is 13.6. The average molecular weight is 633 g/mol. The van der Waals surface area contributed by atoms with Gasteiger partial charge in [0.15, 0.2) is 6.61 Å². The third-order valence-corrected chi connectivity index (χ3v) is 8.53. The minimum absolute atomic E-state index is 0.0733. The van der Waals surface area contributed by atoms with Crippen LogP contribution in [-0.4, -0.2) is 59.8 Å². The molecule has 5 rings (SSSR count). The summed E-state index contributed by atoms with van der Waals surface area (Å²) in [6.45, 7) is 4.04. The summed E-state index contributed by atoms with van der Waals surface area (Å²) in [7, 11) is 0. The molecule has 2 aliphatic heterocycles. The van der Waals surface area contributed by atoms with Crippen LogP contribution in [-0.2, 0) is 20.8 Å². The normalized spacial score (nSPS) is 21.0. The summed E-state index contributed by atoms with van der Waals surface area (Å²) in [4.78, 5) is 69.5. The van der Waals surface area contributed by atoms with Crippen LogP contribution >= 0.6 is 11.3 Å². The lowest BCUT2D eigenvalue weighted by atomic mass is 10.0. The standard InChI is InChI=1S/C32H36N6O6S/c1-18(2)27-32-37-24(17-45-32)31(43)36-23(14-19-8-4-3-5-9-19)29(41)33-13-7-6-10-22(30(42)38-27)35-28(40)20-11-12-21-25(15-20)44-16-26(39)34-21/h3-5,8-9,11-12,15,17-18,22-23,27H,6-7,10,13-14,16H2,1-2H3,(H,33,41)(H,34,39)(H,35,40)(H,36,43)(H,38,42)/t22-,23+,27+/m0/s1. The van der Waals surface area contributed by atoms with Crippen LogP contribution in [0.5, 0.6) is 5.75 Å². The lowest BCUT2D eigenvalue weighted by Crippen LogP contribution is -2.49. The van der Waals surface area contributed by atoms with Crippen LogP contribution in [0.15, 0.2) is 53.9 Å². The zero-order chi connectivity index (χ0) is 31.9. The fraction of sp³-hybridized carbons (Fsp3) is 0.375. The van der Waals surface area contributed by atoms with Gasteiger partial charge in [-0.15, -0.1) is 11.3 Å². The molecule has 45 heavy (non-hydrogen) atoms. The number of ether oxygens (including phenoxy) is 1. The van der Waals surface area contributed by atoms with Gasteiger partial charge in [0.2, 0.25) is 11.8 Å². The molecule has 236 valence electrons. The predicted octanol–water partition coefficient (Wildman–Crippen LogP) is 2.73. The summed E-state index contributed by atoms with van der Waals surface area (Å²) in [6.07, 6.45) is 1.71. The van der Waals surface area contributed by atoms with Crippen LogP contribution < -0.4 is 31.3 Å². The van der Waals surface area contributed by atoms with Crippen LogP contribution in [0.2, 0.25) is 0 Å². The van der Waals surface area contributed by atoms with Gasteiger partial charge < -0.3 is 31.3 Å². The van der Waals surface area contributed by atoms with Crippen molar-refractivity contribution in [2.75, 3.05) is 18.5 Å². The second kappa shape index (κ2) is 14.3. The molecule has 0 unspecified atom stereocenters. The molecule has 2 bridgehead atoms. The van der Waals surface area contributed by atoms with Gasteiger partial charge in [0, 0.05) is 23.9 Å². The Balaban J connectivity index is 1.36. The highest BCUT2D eigenvalue weighted by atomic mass is 32.1. The predicted molar refractivity (Wildman–Crippen MR) is 168 cm³/mol. The van der Waals surface area contributed by atoms with E-state index in [4.69, 9.17) is 4.74 Å². The van der Waals surface area contributed by atoms with E-state index in [1.165, 1.54) is 17.4 Å². The SMILES string of the molecule is CC(C)[C@H]1NC(=O)[C@@H](NC(=O)c2ccc3c(c2)OCC(=O)N3)CCCCNC(=O)[C@@H](Cc2ccccc2)NC(=O)c2csc1n2. The zero-order valence-electron chi connectivity index (χ0n) is 25.1. The largest absolute Gasteiger partial charge is 0.482 e. The number of aromatic nitrogens is 1. The highest BCUT2D eigenvalue weighted by Gasteiger charge is 2.30. The van der Waals surface area contributed by atoms with E-state index < -0.39 is 29.9 Å². The third-order valence-electron chi connectivity index (χ3n) is 7.61. The van der Waals surface area contributed by atoms with Crippen molar-refractivity contribution in [1.82, 2.24) is 26.3 Å². The van der Waals surface area contributed by atoms with Crippen molar-refractivity contribution in [3.63, 3.8) is 0 Å². The van der Waals surface area contributed by atoms with E-state index in [2.05, 4.69) is 31.6 Å². The number of hydrogen-bond acceptors (Lipinski definition) is 8. The highest BCUT2D eigenvalue weighted by molar-refractivity contribution is 7.09. The first-order valence-electron chi connectivity index (χ1n) is 14.9. The fourth-order valence-corrected chi connectivity index (χ4v) is 6.15. The summed E-state index contributed by atoms with van der Waals surface area (Å²) in [6, 6.07) is 11.9. The van der Waals surface area contributed by atoms with Crippen LogP contribution in [0.1, 0.15) is 70.6 Å². The lowest BCUT2D eigenvalue weighted by Gasteiger charge is -2.25. The number of thiazole rings is 1. The molecule has 3 atom stereocenters. The second-order valence-electron chi connectivity index (χ2n) is 11.4. The van der Waals surface area contributed by atoms with Crippen molar-refractivity contribution in [3.8, 4) is 5.75 Å². The molecule has 5 amide bonds. The van der Waals surface area contributed by atoms with Gasteiger partial charge in [0.05, 0.1) is 11.7 Å². The zero-order valence-corrected chi connectivity index (χ0v) is 25.9. The van der Waals surface area contributed by atoms with Gasteiger partial charge >= 0.3 is 0 Å². The smallest absolute Gasteiger partial charge is 0.271 e. The van der Waals surface area contributed by atoms with Gasteiger partial charge in [-0.05, 0) is 48.9 Å². The molecular weight excluding hydrogens is 596 g/mol. The molecule has 0 aliphatic carbocycles. The Labute approximate surface area is 264 Å². The van der Waals surface area contributed by atoms with E-state index in [-0.39, 0.29) is 41.5 Å². The Morgan fingerprint density at radius 1 is 1.04 bits per heavy atom. The number of carbonyl (C=O) groups excluding carboxylic acids is 5. The van der Waals surface area contributed by atoms with Gasteiger partial charge in [0.25, 0.3) is 17.7 Å². The number of nitrogens with one attached hydrogen (secondary N) is 5. The summed E-state index contributed by atoms with van der Waals surface area (Å²) in [5.41, 5.74) is 1.80. The molecule has 0 saturated carbocycles. The number of rotatable bonds is 5. The molecule has 0 fully saturated rings. The topological polar surface area (TPSA) is 168 Å². The molecule has 0 radical (unpaired) electrons. The van der Waals surface area contributed by atoms with Crippen molar-refractivity contribution in [2.45, 2.75) is 57.7 Å². The summed E-state index contributed by atoms with van der Waals surface area (Å²) < 4.78 is 5.44. The summed E-state index contributed by atoms with van der Waals surface area (Å²) in [5.74, 6) is -1.64. The molecule has 13 heteroatoms. The highest BCUT2D eigenvalue weighted by Crippen LogP contribution is 2.29. The van der Waals surface area contributed by atoms with Crippen molar-refractivity contribution in [3.05, 3.63) is 75.7 Å². The first-order chi connectivity index (χ1) is 21.7. The van der Waals surface area contributed by atoms with Crippen molar-refractivity contribution in [2.24, 2.45) is 5.92 Å². The second-order valence-corrected chi connectivity index (χ2v) is 12.3. The van der Waals surface area contributed by atoms with E-state index in [0.717, 1.165) is 5.56 Å². The molecule has 1 aromatic heterocycles. The molecule has 2 aliphatic rings. The first-order valence-corrected chi connectivity index (χ1v) is 15.8. The Hall–Kier alpha value is -4.78. The number of carbonyl (C=O) groups is 5. The number of amides is 5. The number of nitrogens with zero attached hydrogens (tertiary/aromatic N) is 1. The monoisotopic (exact) mass is 632 g/mol. The van der Waals surface area contributed by atoms with Crippen LogP contribution in [0.4, 0.5) is 5.69 Å². The maximum Gasteiger partial charge on any atom is 0.271 e. The van der Waals surface area contributed by atoms with Crippen LogP contribution in [0, 0.1) is 5.92 Å². The van der Waals surface area contributed by atoms with E-state index in [0.29, 0.717) is 48.7 Å². The fourth-order valence-electron chi connectivity index (χ4n) is 5.13. The molecule has 3 heterocycles. The molecule has 5 N–H and O–H groups in total. The molecule has 0 spiro atoms. The third kappa shape index (κ3) is 8.04. The Morgan fingerprint density at radius 3 is 2.62 bits per heavy atom. The maximum atomic E-state index is 13.6. The van der Waals surface area contributed by atoms with E-state index in [9.17, 15) is 24.0 Å². The van der Waals surface area contributed by atoms with Crippen LogP contribution in [0.3, 0.4) is 0 Å². The van der Waals surface area contributed by atoms with Gasteiger partial charge in [-0.3, -0.25) is 24.0 Å². The van der Waals surface area contributed by atoms with Gasteiger partial charge in [-0.25, -0.2) is 4.98 Å². The van der Waals surface area contributed by atoms with Gasteiger partial charge in [-0.1, -0.05) is 44.2 Å². The molecule has 0 saturated heterocycles. The average Bonchev–Trinajstić information content (AvgIpc) is 3.52. The molecule has 12 nitrogen and oxygen atoms in total. The van der Waals surface area contributed by atoms with Crippen molar-refractivity contribution >= 4 is 46.6 Å². The number of fused-ring (bicyclic) bond motifs is 3. The number of benzene rings is 2. The molecule has 2 aromatic carbocycles. The van der Waals surface area contributed by atoms with Crippen molar-refractivity contribution < 1.29 is 28.7 Å². The Kier molecular flexibility index (Phi) is 10.1. The quantitative estimate of drug-likeness (QED) is 0.288. The van der Waals surface area contributed by atoms with Crippen LogP contribution in [0.25, 0.3) is 0 Å². The number of hydrogen-bond donors (Lipinski definition) is 5. The Bertz CT molecular complexity index is 1580. The van der Waals surface area contributed by atoms with Gasteiger partial charge in [0.1, 0.15) is 28.5 Å². The minimum atomic E-state index is -0.882. The molecule has 3 aromatic rings. The Morgan fingerprint density at radius 2 is 1.84 bits per heavy atom. The van der Waals surface area contributed by atoms with E-state index in [1.807, 2.05) is 44.2 Å². The summed E-state index contributed by atoms with van der Waals surface area (Å²) >= 11 is 1.24. The first kappa shape index (κ1) is 31.6. The number of anilines is 1. The van der Waals surface area contributed by atoms with E-state index >= 15 is 0 Å². The lowest BCUT2D eigenvalue weighted by molar-refractivity contribution is -0.124. The van der Waals surface area contributed by atoms with Crippen molar-refractivity contribution in [1.29, 1.82) is 0 Å². The minimum Gasteiger partial charge on any atom is -0.482 e. The summed E-state index contributed by atoms with van der Waals surface area (Å²) in [5, 5.41) is 16.5. The molecular formula is C32H36N6O6S. The van der Waals surface area contributed by atoms with Gasteiger partial charge in [-0.2, -0.15) is 0 Å². The van der Waals surface area contributed by atoms with E-state index in [1.54, 1.807) is 17.5 Å².